The number of aromatic nitrogens is 1. The van der Waals surface area contributed by atoms with E-state index >= 15 is 0 Å². The summed E-state index contributed by atoms with van der Waals surface area (Å²) in [4.78, 5) is 60.5. The largest absolute Gasteiger partial charge is 0.497 e. The van der Waals surface area contributed by atoms with Crippen molar-refractivity contribution < 1.29 is 43.2 Å². The normalized spacial score (nSPS) is 27.2. The molecule has 0 radical (unpaired) electrons. The number of nitrogens with one attached hydrogen (secondary N) is 2. The number of allylic oxidation sites excluding steroid dienone is 1. The molecule has 1 aliphatic carbocycles. The molecule has 6 atom stereocenters. The lowest BCUT2D eigenvalue weighted by Gasteiger charge is -2.32. The minimum atomic E-state index is -1.43. The lowest BCUT2D eigenvalue weighted by molar-refractivity contribution is -0.146. The molecule has 13 nitrogen and oxygen atoms in total. The fraction of sp³-hybridized carbons (Fsp3) is 0.462. The van der Waals surface area contributed by atoms with Gasteiger partial charge in [-0.1, -0.05) is 42.5 Å². The molecule has 6 rings (SSSR count). The summed E-state index contributed by atoms with van der Waals surface area (Å²) in [6.45, 7) is 6.94. The average molecular weight is 715 g/mol. The molecule has 13 heteroatoms. The van der Waals surface area contributed by atoms with Gasteiger partial charge in [-0.15, -0.1) is 0 Å². The van der Waals surface area contributed by atoms with Gasteiger partial charge in [-0.25, -0.2) is 14.6 Å². The molecular weight excluding hydrogens is 668 g/mol. The van der Waals surface area contributed by atoms with Crippen molar-refractivity contribution in [3.8, 4) is 22.8 Å². The van der Waals surface area contributed by atoms with Crippen LogP contribution < -0.4 is 20.1 Å². The summed E-state index contributed by atoms with van der Waals surface area (Å²) < 4.78 is 23.6. The molecule has 0 bridgehead atoms. The van der Waals surface area contributed by atoms with Crippen LogP contribution in [-0.2, 0) is 23.9 Å². The summed E-state index contributed by atoms with van der Waals surface area (Å²) in [5.74, 6) is -1.46. The molecule has 2 aliphatic heterocycles. The SMILES string of the molecule is COc1ccc2c(O[C@@H]3C[C@H]4C(=O)N[C@]5(C(=O)O)CC5CC/C=C\COC(C)C(NC(=O)OC(C)(C)C)C(=O)N4C3)cc(-c3ccccc3)nc2c1. The number of carbonyl (C=O) groups excluding carboxylic acids is 3. The first-order chi connectivity index (χ1) is 24.8. The number of benzene rings is 2. The summed E-state index contributed by atoms with van der Waals surface area (Å²) >= 11 is 0. The zero-order valence-electron chi connectivity index (χ0n) is 30.1. The van der Waals surface area contributed by atoms with Crippen molar-refractivity contribution in [2.75, 3.05) is 20.3 Å². The zero-order valence-corrected chi connectivity index (χ0v) is 30.1. The van der Waals surface area contributed by atoms with Crippen LogP contribution >= 0.6 is 0 Å². The summed E-state index contributed by atoms with van der Waals surface area (Å²) in [7, 11) is 1.58. The standard InChI is InChI=1S/C39H46N4O9/c1-23-33(41-37(48)52-38(2,3)4)35(45)43-22-27(19-31(43)34(44)42-39(36(46)47)21-25(39)14-10-7-11-17-50-23)51-32-20-29(24-12-8-6-9-13-24)40-30-18-26(49-5)15-16-28(30)32/h6-9,11-13,15-16,18,20,23,25,27,31,33H,10,14,17,19,21-22H2,1-5H3,(H,41,48)(H,42,44)(H,46,47)/b11-7-/t23?,25?,27-,31+,33?,39-/m1/s1. The Bertz CT molecular complexity index is 1860. The number of fused-ring (bicyclic) bond motifs is 3. The summed E-state index contributed by atoms with van der Waals surface area (Å²) in [6.07, 6.45) is 2.87. The molecule has 0 spiro atoms. The van der Waals surface area contributed by atoms with E-state index in [0.29, 0.717) is 40.9 Å². The third kappa shape index (κ3) is 7.99. The minimum absolute atomic E-state index is 0.0276. The highest BCUT2D eigenvalue weighted by Gasteiger charge is 2.62. The summed E-state index contributed by atoms with van der Waals surface area (Å²) in [5, 5.41) is 16.4. The second-order valence-electron chi connectivity index (χ2n) is 14.6. The van der Waals surface area contributed by atoms with Gasteiger partial charge in [-0.3, -0.25) is 9.59 Å². The molecule has 52 heavy (non-hydrogen) atoms. The Hall–Kier alpha value is -5.17. The van der Waals surface area contributed by atoms with Crippen LogP contribution in [0.25, 0.3) is 22.2 Å². The summed E-state index contributed by atoms with van der Waals surface area (Å²) in [6, 6.07) is 14.6. The van der Waals surface area contributed by atoms with Gasteiger partial charge in [0, 0.05) is 29.5 Å². The highest BCUT2D eigenvalue weighted by Crippen LogP contribution is 2.47. The predicted molar refractivity (Wildman–Crippen MR) is 192 cm³/mol. The quantitative estimate of drug-likeness (QED) is 0.300. The van der Waals surface area contributed by atoms with Crippen LogP contribution in [0, 0.1) is 5.92 Å². The van der Waals surface area contributed by atoms with Gasteiger partial charge in [0.15, 0.2) is 0 Å². The van der Waals surface area contributed by atoms with Crippen molar-refractivity contribution in [1.82, 2.24) is 20.5 Å². The Morgan fingerprint density at radius 2 is 1.87 bits per heavy atom. The monoisotopic (exact) mass is 714 g/mol. The lowest BCUT2D eigenvalue weighted by Crippen LogP contribution is -2.59. The maximum absolute atomic E-state index is 14.5. The molecule has 1 saturated carbocycles. The number of alkyl carbamates (subject to hydrolysis) is 1. The number of ether oxygens (including phenoxy) is 4. The lowest BCUT2D eigenvalue weighted by atomic mass is 10.1. The molecule has 1 aromatic heterocycles. The van der Waals surface area contributed by atoms with E-state index in [-0.39, 0.29) is 31.9 Å². The Morgan fingerprint density at radius 3 is 2.58 bits per heavy atom. The smallest absolute Gasteiger partial charge is 0.408 e. The van der Waals surface area contributed by atoms with Gasteiger partial charge in [0.05, 0.1) is 37.6 Å². The Morgan fingerprint density at radius 1 is 1.10 bits per heavy atom. The Balaban J connectivity index is 1.36. The molecule has 3 amide bonds. The van der Waals surface area contributed by atoms with Crippen LogP contribution in [0.4, 0.5) is 4.79 Å². The number of methoxy groups -OCH3 is 1. The topological polar surface area (TPSA) is 166 Å². The van der Waals surface area contributed by atoms with E-state index in [0.717, 1.165) is 5.56 Å². The van der Waals surface area contributed by atoms with Gasteiger partial charge in [0.2, 0.25) is 11.8 Å². The van der Waals surface area contributed by atoms with Crippen LogP contribution in [0.1, 0.15) is 53.4 Å². The highest BCUT2D eigenvalue weighted by molar-refractivity contribution is 5.96. The van der Waals surface area contributed by atoms with E-state index in [9.17, 15) is 24.3 Å². The first kappa shape index (κ1) is 36.6. The van der Waals surface area contributed by atoms with Crippen molar-refractivity contribution in [3.63, 3.8) is 0 Å². The Labute approximate surface area is 302 Å². The number of carboxylic acid groups (broad SMARTS) is 1. The number of pyridine rings is 1. The van der Waals surface area contributed by atoms with Gasteiger partial charge in [-0.2, -0.15) is 0 Å². The van der Waals surface area contributed by atoms with E-state index in [4.69, 9.17) is 23.9 Å². The maximum atomic E-state index is 14.5. The predicted octanol–water partition coefficient (Wildman–Crippen LogP) is 4.87. The second-order valence-corrected chi connectivity index (χ2v) is 14.6. The number of hydrogen-bond donors (Lipinski definition) is 3. The molecule has 3 aliphatic rings. The number of carbonyl (C=O) groups is 4. The first-order valence-corrected chi connectivity index (χ1v) is 17.6. The molecule has 276 valence electrons. The molecule has 2 fully saturated rings. The second kappa shape index (κ2) is 14.8. The maximum Gasteiger partial charge on any atom is 0.408 e. The summed E-state index contributed by atoms with van der Waals surface area (Å²) in [5.41, 5.74) is -0.119. The molecule has 3 N–H and O–H groups in total. The third-order valence-electron chi connectivity index (χ3n) is 9.74. The first-order valence-electron chi connectivity index (χ1n) is 17.6. The van der Waals surface area contributed by atoms with E-state index in [1.54, 1.807) is 46.9 Å². The number of nitrogens with zero attached hydrogens (tertiary/aromatic N) is 2. The zero-order chi connectivity index (χ0) is 37.2. The van der Waals surface area contributed by atoms with Gasteiger partial charge in [0.1, 0.15) is 40.8 Å². The van der Waals surface area contributed by atoms with Crippen molar-refractivity contribution in [2.45, 2.75) is 88.8 Å². The molecule has 1 saturated heterocycles. The third-order valence-corrected chi connectivity index (χ3v) is 9.74. The number of hydrogen-bond acceptors (Lipinski definition) is 9. The van der Waals surface area contributed by atoms with Gasteiger partial charge in [0.25, 0.3) is 0 Å². The van der Waals surface area contributed by atoms with Crippen molar-refractivity contribution in [1.29, 1.82) is 0 Å². The van der Waals surface area contributed by atoms with E-state index in [2.05, 4.69) is 10.6 Å². The molecule has 2 aromatic carbocycles. The van der Waals surface area contributed by atoms with Crippen LogP contribution in [0.3, 0.4) is 0 Å². The van der Waals surface area contributed by atoms with Crippen molar-refractivity contribution in [2.24, 2.45) is 5.92 Å². The molecular formula is C39H46N4O9. The number of amides is 3. The van der Waals surface area contributed by atoms with Crippen LogP contribution in [0.5, 0.6) is 11.5 Å². The number of carboxylic acids is 1. The Kier molecular flexibility index (Phi) is 10.4. The van der Waals surface area contributed by atoms with Crippen LogP contribution in [0.15, 0.2) is 66.7 Å². The highest BCUT2D eigenvalue weighted by atomic mass is 16.6. The van der Waals surface area contributed by atoms with E-state index in [1.807, 2.05) is 54.6 Å². The minimum Gasteiger partial charge on any atom is -0.497 e. The van der Waals surface area contributed by atoms with E-state index in [1.165, 1.54) is 4.90 Å². The van der Waals surface area contributed by atoms with Gasteiger partial charge in [-0.05, 0) is 65.0 Å². The van der Waals surface area contributed by atoms with Crippen LogP contribution in [0.2, 0.25) is 0 Å². The fourth-order valence-corrected chi connectivity index (χ4v) is 6.94. The molecule has 3 unspecified atom stereocenters. The van der Waals surface area contributed by atoms with Gasteiger partial charge < -0.3 is 39.6 Å². The average Bonchev–Trinajstić information content (AvgIpc) is 3.64. The number of aliphatic carboxylic acids is 1. The van der Waals surface area contributed by atoms with Crippen LogP contribution in [-0.4, -0.2) is 94.6 Å². The number of rotatable bonds is 6. The van der Waals surface area contributed by atoms with Crippen molar-refractivity contribution >= 4 is 34.8 Å². The molecule has 3 aromatic rings. The van der Waals surface area contributed by atoms with Crippen molar-refractivity contribution in [3.05, 3.63) is 66.7 Å². The molecule has 3 heterocycles. The fourth-order valence-electron chi connectivity index (χ4n) is 6.94. The van der Waals surface area contributed by atoms with Gasteiger partial charge >= 0.3 is 12.1 Å². The van der Waals surface area contributed by atoms with E-state index < -0.39 is 59.3 Å².